The van der Waals surface area contributed by atoms with Gasteiger partial charge in [-0.1, -0.05) is 0 Å². The molecule has 0 amide bonds. The van der Waals surface area contributed by atoms with Gasteiger partial charge in [0.05, 0.1) is 17.2 Å². The Labute approximate surface area is 118 Å². The minimum absolute atomic E-state index is 0.109. The Kier molecular flexibility index (Phi) is 4.10. The Balaban J connectivity index is 2.21. The summed E-state index contributed by atoms with van der Waals surface area (Å²) < 4.78 is 40.5. The lowest BCUT2D eigenvalue weighted by Gasteiger charge is -2.09. The number of benzene rings is 2. The summed E-state index contributed by atoms with van der Waals surface area (Å²) in [6, 6.07) is 8.89. The van der Waals surface area contributed by atoms with Gasteiger partial charge in [-0.25, -0.2) is 13.2 Å². The van der Waals surface area contributed by atoms with Gasteiger partial charge >= 0.3 is 0 Å². The normalized spacial score (nSPS) is 9.76. The van der Waals surface area contributed by atoms with Gasteiger partial charge in [0.15, 0.2) is 0 Å². The first kappa shape index (κ1) is 14.4. The van der Waals surface area contributed by atoms with Crippen LogP contribution in [0, 0.1) is 40.1 Å². The van der Waals surface area contributed by atoms with Gasteiger partial charge in [-0.05, 0) is 30.3 Å². The Morgan fingerprint density at radius 2 is 1.57 bits per heavy atom. The fourth-order valence-electron chi connectivity index (χ4n) is 1.75. The van der Waals surface area contributed by atoms with E-state index in [1.54, 1.807) is 12.1 Å². The van der Waals surface area contributed by atoms with E-state index in [2.05, 4.69) is 5.32 Å². The van der Waals surface area contributed by atoms with Gasteiger partial charge in [0.25, 0.3) is 0 Å². The highest BCUT2D eigenvalue weighted by atomic mass is 19.1. The van der Waals surface area contributed by atoms with Crippen LogP contribution < -0.4 is 5.32 Å². The van der Waals surface area contributed by atoms with E-state index in [9.17, 15) is 13.2 Å². The van der Waals surface area contributed by atoms with Crippen molar-refractivity contribution in [3.05, 3.63) is 64.5 Å². The van der Waals surface area contributed by atoms with E-state index < -0.39 is 17.5 Å². The molecule has 2 aromatic rings. The number of nitriles is 2. The average Bonchev–Trinajstić information content (AvgIpc) is 2.47. The Hall–Kier alpha value is -2.99. The fourth-order valence-corrected chi connectivity index (χ4v) is 1.75. The molecule has 104 valence electrons. The summed E-state index contributed by atoms with van der Waals surface area (Å²) in [4.78, 5) is 0. The molecule has 6 heteroatoms. The molecule has 0 saturated carbocycles. The SMILES string of the molecule is N#Cc1cc(F)c(CNc2ccc(F)c(C#N)c2)c(F)c1. The number of hydrogen-bond acceptors (Lipinski definition) is 3. The summed E-state index contributed by atoms with van der Waals surface area (Å²) in [6.45, 7) is -0.195. The first-order valence-corrected chi connectivity index (χ1v) is 5.86. The molecule has 2 aromatic carbocycles. The first-order valence-electron chi connectivity index (χ1n) is 5.86. The average molecular weight is 287 g/mol. The molecule has 0 spiro atoms. The number of halogens is 3. The molecule has 0 unspecified atom stereocenters. The van der Waals surface area contributed by atoms with Crippen LogP contribution in [0.5, 0.6) is 0 Å². The van der Waals surface area contributed by atoms with Gasteiger partial charge in [0, 0.05) is 17.8 Å². The molecular formula is C15H8F3N3. The summed E-state index contributed by atoms with van der Waals surface area (Å²) in [6.07, 6.45) is 0. The van der Waals surface area contributed by atoms with Crippen LogP contribution in [0.4, 0.5) is 18.9 Å². The van der Waals surface area contributed by atoms with Crippen LogP contribution in [0.2, 0.25) is 0 Å². The number of hydrogen-bond donors (Lipinski definition) is 1. The lowest BCUT2D eigenvalue weighted by molar-refractivity contribution is 0.559. The molecule has 0 radical (unpaired) electrons. The van der Waals surface area contributed by atoms with Gasteiger partial charge < -0.3 is 5.32 Å². The van der Waals surface area contributed by atoms with Crippen molar-refractivity contribution in [2.75, 3.05) is 5.32 Å². The van der Waals surface area contributed by atoms with Gasteiger partial charge in [0.1, 0.15) is 23.5 Å². The molecule has 3 nitrogen and oxygen atoms in total. The number of nitrogens with zero attached hydrogens (tertiary/aromatic N) is 2. The van der Waals surface area contributed by atoms with Crippen LogP contribution in [0.15, 0.2) is 30.3 Å². The molecule has 0 heterocycles. The van der Waals surface area contributed by atoms with Crippen molar-refractivity contribution < 1.29 is 13.2 Å². The van der Waals surface area contributed by atoms with Crippen molar-refractivity contribution in [1.29, 1.82) is 10.5 Å². The summed E-state index contributed by atoms with van der Waals surface area (Å²) in [5.74, 6) is -2.36. The van der Waals surface area contributed by atoms with Crippen LogP contribution in [-0.2, 0) is 6.54 Å². The predicted molar refractivity (Wildman–Crippen MR) is 69.5 cm³/mol. The molecule has 0 aromatic heterocycles. The third-order valence-electron chi connectivity index (χ3n) is 2.83. The minimum Gasteiger partial charge on any atom is -0.381 e. The summed E-state index contributed by atoms with van der Waals surface area (Å²) in [7, 11) is 0. The van der Waals surface area contributed by atoms with E-state index >= 15 is 0 Å². The zero-order valence-corrected chi connectivity index (χ0v) is 10.6. The maximum Gasteiger partial charge on any atom is 0.141 e. The quantitative estimate of drug-likeness (QED) is 0.940. The van der Waals surface area contributed by atoms with Crippen LogP contribution in [0.25, 0.3) is 0 Å². The van der Waals surface area contributed by atoms with E-state index in [0.29, 0.717) is 5.69 Å². The smallest absolute Gasteiger partial charge is 0.141 e. The second kappa shape index (κ2) is 5.98. The van der Waals surface area contributed by atoms with Gasteiger partial charge in [0.2, 0.25) is 0 Å². The highest BCUT2D eigenvalue weighted by Crippen LogP contribution is 2.19. The van der Waals surface area contributed by atoms with Crippen molar-refractivity contribution in [3.63, 3.8) is 0 Å². The molecular weight excluding hydrogens is 279 g/mol. The van der Waals surface area contributed by atoms with Crippen LogP contribution in [0.1, 0.15) is 16.7 Å². The third-order valence-corrected chi connectivity index (χ3v) is 2.83. The van der Waals surface area contributed by atoms with Crippen molar-refractivity contribution in [3.8, 4) is 12.1 Å². The van der Waals surface area contributed by atoms with Gasteiger partial charge in [-0.15, -0.1) is 0 Å². The lowest BCUT2D eigenvalue weighted by Crippen LogP contribution is -2.05. The molecule has 0 aliphatic carbocycles. The van der Waals surface area contributed by atoms with Crippen molar-refractivity contribution in [1.82, 2.24) is 0 Å². The summed E-state index contributed by atoms with van der Waals surface area (Å²) in [5.41, 5.74) is -0.156. The molecule has 0 bridgehead atoms. The molecule has 2 rings (SSSR count). The number of rotatable bonds is 3. The molecule has 0 atom stereocenters. The maximum atomic E-state index is 13.7. The zero-order valence-electron chi connectivity index (χ0n) is 10.6. The first-order chi connectivity index (χ1) is 10.0. The van der Waals surface area contributed by atoms with E-state index in [1.807, 2.05) is 0 Å². The Morgan fingerprint density at radius 3 is 2.14 bits per heavy atom. The monoisotopic (exact) mass is 287 g/mol. The molecule has 0 aliphatic heterocycles. The third kappa shape index (κ3) is 3.13. The molecule has 0 fully saturated rings. The highest BCUT2D eigenvalue weighted by molar-refractivity contribution is 5.50. The number of anilines is 1. The Bertz CT molecular complexity index is 750. The standard InChI is InChI=1S/C15H8F3N3/c16-13-2-1-11(5-10(13)7-20)21-8-12-14(17)3-9(6-19)4-15(12)18/h1-5,21H,8H2. The Morgan fingerprint density at radius 1 is 0.905 bits per heavy atom. The topological polar surface area (TPSA) is 59.6 Å². The summed E-state index contributed by atoms with van der Waals surface area (Å²) >= 11 is 0. The lowest BCUT2D eigenvalue weighted by atomic mass is 10.1. The van der Waals surface area contributed by atoms with E-state index in [-0.39, 0.29) is 23.2 Å². The summed E-state index contributed by atoms with van der Waals surface area (Å²) in [5, 5.41) is 20.0. The molecule has 0 saturated heterocycles. The van der Waals surface area contributed by atoms with E-state index in [1.165, 1.54) is 12.1 Å². The second-order valence-corrected chi connectivity index (χ2v) is 4.19. The van der Waals surface area contributed by atoms with Crippen LogP contribution in [0.3, 0.4) is 0 Å². The highest BCUT2D eigenvalue weighted by Gasteiger charge is 2.11. The molecule has 0 aliphatic rings. The molecule has 1 N–H and O–H groups in total. The second-order valence-electron chi connectivity index (χ2n) is 4.19. The largest absolute Gasteiger partial charge is 0.381 e. The minimum atomic E-state index is -0.846. The maximum absolute atomic E-state index is 13.7. The van der Waals surface area contributed by atoms with Crippen molar-refractivity contribution in [2.24, 2.45) is 0 Å². The van der Waals surface area contributed by atoms with Crippen molar-refractivity contribution in [2.45, 2.75) is 6.54 Å². The fraction of sp³-hybridized carbons (Fsp3) is 0.0667. The predicted octanol–water partition coefficient (Wildman–Crippen LogP) is 3.46. The van der Waals surface area contributed by atoms with Crippen LogP contribution in [-0.4, -0.2) is 0 Å². The van der Waals surface area contributed by atoms with E-state index in [4.69, 9.17) is 10.5 Å². The van der Waals surface area contributed by atoms with Crippen molar-refractivity contribution >= 4 is 5.69 Å². The van der Waals surface area contributed by atoms with E-state index in [0.717, 1.165) is 18.2 Å². The van der Waals surface area contributed by atoms with Crippen LogP contribution >= 0.6 is 0 Å². The molecule has 21 heavy (non-hydrogen) atoms. The zero-order chi connectivity index (χ0) is 15.4. The number of nitrogens with one attached hydrogen (secondary N) is 1. The van der Waals surface area contributed by atoms with Gasteiger partial charge in [-0.2, -0.15) is 10.5 Å². The van der Waals surface area contributed by atoms with Gasteiger partial charge in [-0.3, -0.25) is 0 Å².